The number of piperazine rings is 1. The van der Waals surface area contributed by atoms with Gasteiger partial charge in [0, 0.05) is 42.1 Å². The smallest absolute Gasteiger partial charge is 0.338 e. The Morgan fingerprint density at radius 2 is 1.81 bits per heavy atom. The largest absolute Gasteiger partial charge is 0.465 e. The van der Waals surface area contributed by atoms with E-state index in [2.05, 4.69) is 4.74 Å². The molecule has 1 aromatic heterocycles. The average Bonchev–Trinajstić information content (AvgIpc) is 3.18. The third-order valence-corrected chi connectivity index (χ3v) is 7.74. The lowest BCUT2D eigenvalue weighted by atomic mass is 10.2. The van der Waals surface area contributed by atoms with Crippen molar-refractivity contribution in [3.05, 3.63) is 51.9 Å². The lowest BCUT2D eigenvalue weighted by Crippen LogP contribution is -2.50. The van der Waals surface area contributed by atoms with Gasteiger partial charge in [0.25, 0.3) is 15.9 Å². The van der Waals surface area contributed by atoms with Crippen LogP contribution in [0.4, 0.5) is 0 Å². The fourth-order valence-corrected chi connectivity index (χ4v) is 5.65. The van der Waals surface area contributed by atoms with E-state index in [4.69, 9.17) is 11.6 Å². The van der Waals surface area contributed by atoms with E-state index in [1.807, 2.05) is 0 Å². The van der Waals surface area contributed by atoms with E-state index < -0.39 is 16.0 Å². The van der Waals surface area contributed by atoms with Crippen molar-refractivity contribution in [2.45, 2.75) is 4.21 Å². The molecule has 1 aliphatic heterocycles. The topological polar surface area (TPSA) is 84.0 Å². The summed E-state index contributed by atoms with van der Waals surface area (Å²) in [6.07, 6.45) is 0. The van der Waals surface area contributed by atoms with Crippen molar-refractivity contribution in [1.82, 2.24) is 9.21 Å². The molecule has 0 saturated carbocycles. The van der Waals surface area contributed by atoms with Gasteiger partial charge < -0.3 is 9.64 Å². The molecular formula is C17H17ClN2O5S2. The molecule has 0 unspecified atom stereocenters. The van der Waals surface area contributed by atoms with Crippen LogP contribution in [0.1, 0.15) is 20.7 Å². The molecule has 1 fully saturated rings. The first-order valence-corrected chi connectivity index (χ1v) is 10.7. The average molecular weight is 429 g/mol. The van der Waals surface area contributed by atoms with Crippen molar-refractivity contribution < 1.29 is 22.7 Å². The van der Waals surface area contributed by atoms with Crippen molar-refractivity contribution in [2.75, 3.05) is 33.3 Å². The highest BCUT2D eigenvalue weighted by molar-refractivity contribution is 7.91. The zero-order valence-electron chi connectivity index (χ0n) is 14.4. The van der Waals surface area contributed by atoms with E-state index in [1.54, 1.807) is 29.2 Å². The molecule has 1 aromatic carbocycles. The van der Waals surface area contributed by atoms with Gasteiger partial charge in [0.2, 0.25) is 0 Å². The second-order valence-corrected chi connectivity index (χ2v) is 9.37. The molecule has 1 saturated heterocycles. The lowest BCUT2D eigenvalue weighted by molar-refractivity contribution is 0.0600. The van der Waals surface area contributed by atoms with Gasteiger partial charge in [0.05, 0.1) is 12.7 Å². The van der Waals surface area contributed by atoms with Crippen LogP contribution in [0.5, 0.6) is 0 Å². The summed E-state index contributed by atoms with van der Waals surface area (Å²) in [4.78, 5) is 25.7. The summed E-state index contributed by atoms with van der Waals surface area (Å²) in [5.41, 5.74) is 0.677. The molecule has 2 heterocycles. The zero-order valence-corrected chi connectivity index (χ0v) is 16.8. The summed E-state index contributed by atoms with van der Waals surface area (Å²) < 4.78 is 31.5. The predicted molar refractivity (Wildman–Crippen MR) is 102 cm³/mol. The Labute approximate surface area is 166 Å². The number of nitrogens with zero attached hydrogens (tertiary/aromatic N) is 2. The van der Waals surface area contributed by atoms with Gasteiger partial charge in [-0.3, -0.25) is 4.79 Å². The predicted octanol–water partition coefficient (Wildman–Crippen LogP) is 2.33. The van der Waals surface area contributed by atoms with Crippen LogP contribution in [0.15, 0.2) is 39.9 Å². The minimum atomic E-state index is -3.72. The second-order valence-electron chi connectivity index (χ2n) is 5.85. The number of amides is 1. The first-order valence-electron chi connectivity index (χ1n) is 8.05. The molecule has 0 spiro atoms. The maximum absolute atomic E-state index is 12.8. The van der Waals surface area contributed by atoms with Crippen LogP contribution in [0.2, 0.25) is 5.02 Å². The molecule has 10 heteroatoms. The van der Waals surface area contributed by atoms with Crippen LogP contribution in [0.25, 0.3) is 0 Å². The standard InChI is InChI=1S/C17H17ClN2O5S2/c1-25-17(22)13-10-15(26-11-13)27(23,24)20-7-5-19(6-8-20)16(21)12-3-2-4-14(18)9-12/h2-4,9-11H,5-8H2,1H3. The molecule has 0 radical (unpaired) electrons. The van der Waals surface area contributed by atoms with E-state index in [0.717, 1.165) is 11.3 Å². The quantitative estimate of drug-likeness (QED) is 0.698. The number of carbonyl (C=O) groups is 2. The van der Waals surface area contributed by atoms with Gasteiger partial charge in [-0.25, -0.2) is 13.2 Å². The first-order chi connectivity index (χ1) is 12.8. The highest BCUT2D eigenvalue weighted by atomic mass is 35.5. The Kier molecular flexibility index (Phi) is 5.85. The Hall–Kier alpha value is -1.94. The molecule has 0 atom stereocenters. The Morgan fingerprint density at radius 3 is 2.44 bits per heavy atom. The number of ether oxygens (including phenoxy) is 1. The second kappa shape index (κ2) is 7.97. The number of esters is 1. The van der Waals surface area contributed by atoms with Crippen LogP contribution >= 0.6 is 22.9 Å². The Balaban J connectivity index is 1.68. The minimum absolute atomic E-state index is 0.0810. The fraction of sp³-hybridized carbons (Fsp3) is 0.294. The number of hydrogen-bond acceptors (Lipinski definition) is 6. The third-order valence-electron chi connectivity index (χ3n) is 4.19. The van der Waals surface area contributed by atoms with Crippen molar-refractivity contribution in [3.63, 3.8) is 0 Å². The SMILES string of the molecule is COC(=O)c1csc(S(=O)(=O)N2CCN(C(=O)c3cccc(Cl)c3)CC2)c1. The molecule has 3 rings (SSSR count). The van der Waals surface area contributed by atoms with Gasteiger partial charge in [0.1, 0.15) is 4.21 Å². The van der Waals surface area contributed by atoms with Gasteiger partial charge in [-0.1, -0.05) is 17.7 Å². The van der Waals surface area contributed by atoms with Gasteiger partial charge in [0.15, 0.2) is 0 Å². The lowest BCUT2D eigenvalue weighted by Gasteiger charge is -2.33. The van der Waals surface area contributed by atoms with E-state index >= 15 is 0 Å². The van der Waals surface area contributed by atoms with Crippen molar-refractivity contribution in [2.24, 2.45) is 0 Å². The van der Waals surface area contributed by atoms with E-state index in [-0.39, 0.29) is 41.9 Å². The van der Waals surface area contributed by atoms with Gasteiger partial charge >= 0.3 is 5.97 Å². The Bertz CT molecular complexity index is 965. The van der Waals surface area contributed by atoms with Crippen LogP contribution in [0.3, 0.4) is 0 Å². The summed E-state index contributed by atoms with van der Waals surface area (Å²) >= 11 is 6.90. The number of halogens is 1. The molecule has 0 aliphatic carbocycles. The van der Waals surface area contributed by atoms with E-state index in [1.165, 1.54) is 22.9 Å². The monoisotopic (exact) mass is 428 g/mol. The molecule has 1 aliphatic rings. The third kappa shape index (κ3) is 4.16. The normalized spacial score (nSPS) is 15.6. The molecular weight excluding hydrogens is 412 g/mol. The Morgan fingerprint density at radius 1 is 1.11 bits per heavy atom. The van der Waals surface area contributed by atoms with E-state index in [9.17, 15) is 18.0 Å². The van der Waals surface area contributed by atoms with Crippen molar-refractivity contribution in [1.29, 1.82) is 0 Å². The summed E-state index contributed by atoms with van der Waals surface area (Å²) in [6.45, 7) is 0.916. The highest BCUT2D eigenvalue weighted by Gasteiger charge is 2.32. The van der Waals surface area contributed by atoms with Crippen LogP contribution in [-0.4, -0.2) is 62.8 Å². The van der Waals surface area contributed by atoms with Gasteiger partial charge in [-0.05, 0) is 24.3 Å². The number of carbonyl (C=O) groups excluding carboxylic acids is 2. The molecule has 2 aromatic rings. The van der Waals surface area contributed by atoms with Crippen molar-refractivity contribution >= 4 is 44.8 Å². The molecule has 144 valence electrons. The van der Waals surface area contributed by atoms with Gasteiger partial charge in [-0.2, -0.15) is 4.31 Å². The van der Waals surface area contributed by atoms with Crippen LogP contribution < -0.4 is 0 Å². The van der Waals surface area contributed by atoms with E-state index in [0.29, 0.717) is 10.6 Å². The first kappa shape index (κ1) is 19.8. The molecule has 0 bridgehead atoms. The highest BCUT2D eigenvalue weighted by Crippen LogP contribution is 2.25. The molecule has 7 nitrogen and oxygen atoms in total. The summed E-state index contributed by atoms with van der Waals surface area (Å²) in [5.74, 6) is -0.761. The zero-order chi connectivity index (χ0) is 19.6. The molecule has 27 heavy (non-hydrogen) atoms. The maximum atomic E-state index is 12.8. The summed E-state index contributed by atoms with van der Waals surface area (Å²) in [7, 11) is -2.48. The maximum Gasteiger partial charge on any atom is 0.338 e. The minimum Gasteiger partial charge on any atom is -0.465 e. The molecule has 1 amide bonds. The summed E-state index contributed by atoms with van der Waals surface area (Å²) in [5, 5.41) is 1.93. The number of sulfonamides is 1. The van der Waals surface area contributed by atoms with Crippen LogP contribution in [0, 0.1) is 0 Å². The van der Waals surface area contributed by atoms with Gasteiger partial charge in [-0.15, -0.1) is 11.3 Å². The molecule has 0 N–H and O–H groups in total. The number of thiophene rings is 1. The number of benzene rings is 1. The van der Waals surface area contributed by atoms with Crippen molar-refractivity contribution in [3.8, 4) is 0 Å². The number of hydrogen-bond donors (Lipinski definition) is 0. The fourth-order valence-electron chi connectivity index (χ4n) is 2.74. The number of rotatable bonds is 4. The summed E-state index contributed by atoms with van der Waals surface area (Å²) in [6, 6.07) is 7.97. The number of methoxy groups -OCH3 is 1. The van der Waals surface area contributed by atoms with Crippen LogP contribution in [-0.2, 0) is 14.8 Å².